The maximum atomic E-state index is 12.5. The van der Waals surface area contributed by atoms with Crippen LogP contribution in [0.3, 0.4) is 0 Å². The first-order valence-corrected chi connectivity index (χ1v) is 6.19. The zero-order valence-corrected chi connectivity index (χ0v) is 10.3. The molecule has 98 valence electrons. The van der Waals surface area contributed by atoms with Crippen molar-refractivity contribution in [2.24, 2.45) is 0 Å². The Balaban J connectivity index is 1.87. The Labute approximate surface area is 109 Å². The predicted molar refractivity (Wildman–Crippen MR) is 64.0 cm³/mol. The van der Waals surface area contributed by atoms with Crippen molar-refractivity contribution < 1.29 is 9.32 Å². The molecule has 2 aromatic rings. The van der Waals surface area contributed by atoms with Crippen molar-refractivity contribution in [3.63, 3.8) is 0 Å². The standard InChI is InChI=1S/C12H13N5O2/c18-12(9-4-5-13-7-14-9)17-6-2-1-3-10(17)11-15-8-19-16-11/h4-5,7-8,10H,1-3,6H2. The van der Waals surface area contributed by atoms with Gasteiger partial charge in [-0.05, 0) is 25.3 Å². The Hall–Kier alpha value is -2.31. The molecule has 1 fully saturated rings. The summed E-state index contributed by atoms with van der Waals surface area (Å²) in [5, 5.41) is 3.85. The number of likely N-dealkylation sites (tertiary alicyclic amines) is 1. The van der Waals surface area contributed by atoms with Crippen LogP contribution in [0.1, 0.15) is 41.6 Å². The fourth-order valence-corrected chi connectivity index (χ4v) is 2.33. The third kappa shape index (κ3) is 2.31. The fourth-order valence-electron chi connectivity index (χ4n) is 2.33. The van der Waals surface area contributed by atoms with Crippen LogP contribution in [-0.2, 0) is 0 Å². The van der Waals surface area contributed by atoms with Gasteiger partial charge in [-0.2, -0.15) is 4.98 Å². The van der Waals surface area contributed by atoms with Crippen LogP contribution >= 0.6 is 0 Å². The molecular weight excluding hydrogens is 246 g/mol. The highest BCUT2D eigenvalue weighted by molar-refractivity contribution is 5.92. The molecule has 1 atom stereocenters. The molecule has 1 unspecified atom stereocenters. The number of rotatable bonds is 2. The maximum Gasteiger partial charge on any atom is 0.273 e. The lowest BCUT2D eigenvalue weighted by Crippen LogP contribution is -2.39. The van der Waals surface area contributed by atoms with Crippen molar-refractivity contribution in [2.75, 3.05) is 6.54 Å². The van der Waals surface area contributed by atoms with E-state index in [0.29, 0.717) is 18.1 Å². The van der Waals surface area contributed by atoms with Gasteiger partial charge in [0.05, 0.1) is 6.04 Å². The molecule has 3 rings (SSSR count). The minimum Gasteiger partial charge on any atom is -0.343 e. The van der Waals surface area contributed by atoms with Gasteiger partial charge < -0.3 is 9.42 Å². The van der Waals surface area contributed by atoms with E-state index in [9.17, 15) is 4.79 Å². The zero-order valence-electron chi connectivity index (χ0n) is 10.3. The van der Waals surface area contributed by atoms with Crippen LogP contribution in [-0.4, -0.2) is 37.5 Å². The Morgan fingerprint density at radius 2 is 2.32 bits per heavy atom. The Morgan fingerprint density at radius 3 is 3.05 bits per heavy atom. The largest absolute Gasteiger partial charge is 0.343 e. The van der Waals surface area contributed by atoms with E-state index in [2.05, 4.69) is 20.1 Å². The van der Waals surface area contributed by atoms with Crippen molar-refractivity contribution in [1.29, 1.82) is 0 Å². The predicted octanol–water partition coefficient (Wildman–Crippen LogP) is 1.23. The Kier molecular flexibility index (Phi) is 3.18. The maximum absolute atomic E-state index is 12.5. The van der Waals surface area contributed by atoms with Crippen molar-refractivity contribution in [3.05, 3.63) is 36.5 Å². The SMILES string of the molecule is O=C(c1ccncn1)N1CCCCC1c1ncon1. The average Bonchev–Trinajstić information content (AvgIpc) is 3.01. The average molecular weight is 259 g/mol. The first-order valence-electron chi connectivity index (χ1n) is 6.19. The van der Waals surface area contributed by atoms with Gasteiger partial charge in [0, 0.05) is 12.7 Å². The van der Waals surface area contributed by atoms with Gasteiger partial charge in [-0.25, -0.2) is 9.97 Å². The van der Waals surface area contributed by atoms with Gasteiger partial charge in [0.25, 0.3) is 5.91 Å². The van der Waals surface area contributed by atoms with Crippen LogP contribution in [0.5, 0.6) is 0 Å². The molecule has 2 aromatic heterocycles. The van der Waals surface area contributed by atoms with E-state index in [1.54, 1.807) is 17.2 Å². The van der Waals surface area contributed by atoms with Crippen LogP contribution in [0.15, 0.2) is 29.5 Å². The van der Waals surface area contributed by atoms with E-state index >= 15 is 0 Å². The lowest BCUT2D eigenvalue weighted by Gasteiger charge is -2.33. The third-order valence-electron chi connectivity index (χ3n) is 3.24. The summed E-state index contributed by atoms with van der Waals surface area (Å²) in [4.78, 5) is 26.1. The van der Waals surface area contributed by atoms with Crippen LogP contribution < -0.4 is 0 Å². The lowest BCUT2D eigenvalue weighted by molar-refractivity contribution is 0.0590. The summed E-state index contributed by atoms with van der Waals surface area (Å²) in [5.74, 6) is 0.444. The van der Waals surface area contributed by atoms with Crippen molar-refractivity contribution in [1.82, 2.24) is 25.0 Å². The summed E-state index contributed by atoms with van der Waals surface area (Å²) < 4.78 is 4.78. The molecule has 7 heteroatoms. The van der Waals surface area contributed by atoms with E-state index in [4.69, 9.17) is 4.52 Å². The van der Waals surface area contributed by atoms with Crippen molar-refractivity contribution >= 4 is 5.91 Å². The van der Waals surface area contributed by atoms with E-state index in [1.165, 1.54) is 12.7 Å². The molecule has 0 bridgehead atoms. The number of carbonyl (C=O) groups excluding carboxylic acids is 1. The summed E-state index contributed by atoms with van der Waals surface area (Å²) in [5.41, 5.74) is 0.394. The van der Waals surface area contributed by atoms with Crippen LogP contribution in [0.4, 0.5) is 0 Å². The number of aromatic nitrogens is 4. The van der Waals surface area contributed by atoms with E-state index in [-0.39, 0.29) is 11.9 Å². The highest BCUT2D eigenvalue weighted by Crippen LogP contribution is 2.29. The summed E-state index contributed by atoms with van der Waals surface area (Å²) >= 11 is 0. The molecule has 0 aromatic carbocycles. The highest BCUT2D eigenvalue weighted by Gasteiger charge is 2.31. The molecule has 1 saturated heterocycles. The van der Waals surface area contributed by atoms with Gasteiger partial charge in [-0.15, -0.1) is 0 Å². The fraction of sp³-hybridized carbons (Fsp3) is 0.417. The molecule has 0 radical (unpaired) electrons. The number of carbonyl (C=O) groups is 1. The first-order chi connectivity index (χ1) is 9.36. The van der Waals surface area contributed by atoms with Gasteiger partial charge in [-0.3, -0.25) is 4.79 Å². The number of hydrogen-bond acceptors (Lipinski definition) is 6. The highest BCUT2D eigenvalue weighted by atomic mass is 16.5. The summed E-state index contributed by atoms with van der Waals surface area (Å²) in [6, 6.07) is 1.49. The van der Waals surface area contributed by atoms with Gasteiger partial charge in [0.2, 0.25) is 6.39 Å². The molecule has 0 saturated carbocycles. The second-order valence-electron chi connectivity index (χ2n) is 4.39. The minimum absolute atomic E-state index is 0.114. The van der Waals surface area contributed by atoms with E-state index < -0.39 is 0 Å². The first kappa shape index (κ1) is 11.8. The molecule has 3 heterocycles. The van der Waals surface area contributed by atoms with Crippen molar-refractivity contribution in [3.8, 4) is 0 Å². The molecule has 0 N–H and O–H groups in total. The van der Waals surface area contributed by atoms with Crippen LogP contribution in [0.25, 0.3) is 0 Å². The molecule has 1 amide bonds. The summed E-state index contributed by atoms with van der Waals surface area (Å²) in [7, 11) is 0. The van der Waals surface area contributed by atoms with Crippen LogP contribution in [0, 0.1) is 0 Å². The molecule has 1 aliphatic heterocycles. The molecule has 1 aliphatic rings. The van der Waals surface area contributed by atoms with Crippen molar-refractivity contribution in [2.45, 2.75) is 25.3 Å². The van der Waals surface area contributed by atoms with Gasteiger partial charge in [-0.1, -0.05) is 5.16 Å². The summed E-state index contributed by atoms with van der Waals surface area (Å²) in [6.45, 7) is 0.683. The number of amides is 1. The number of hydrogen-bond donors (Lipinski definition) is 0. The number of nitrogens with zero attached hydrogens (tertiary/aromatic N) is 5. The van der Waals surface area contributed by atoms with Crippen LogP contribution in [0.2, 0.25) is 0 Å². The van der Waals surface area contributed by atoms with Gasteiger partial charge >= 0.3 is 0 Å². The summed E-state index contributed by atoms with van der Waals surface area (Å²) in [6.07, 6.45) is 7.10. The quantitative estimate of drug-likeness (QED) is 0.806. The monoisotopic (exact) mass is 259 g/mol. The smallest absolute Gasteiger partial charge is 0.273 e. The van der Waals surface area contributed by atoms with E-state index in [0.717, 1.165) is 19.3 Å². The molecule has 7 nitrogen and oxygen atoms in total. The second kappa shape index (κ2) is 5.13. The number of piperidine rings is 1. The van der Waals surface area contributed by atoms with E-state index in [1.807, 2.05) is 0 Å². The molecule has 0 aliphatic carbocycles. The second-order valence-corrected chi connectivity index (χ2v) is 4.39. The molecule has 0 spiro atoms. The third-order valence-corrected chi connectivity index (χ3v) is 3.24. The van der Waals surface area contributed by atoms with Gasteiger partial charge in [0.1, 0.15) is 12.0 Å². The Morgan fingerprint density at radius 1 is 1.37 bits per heavy atom. The molecule has 19 heavy (non-hydrogen) atoms. The minimum atomic E-state index is -0.130. The zero-order chi connectivity index (χ0) is 13.1. The van der Waals surface area contributed by atoms with Gasteiger partial charge in [0.15, 0.2) is 5.82 Å². The molecular formula is C12H13N5O2. The lowest BCUT2D eigenvalue weighted by atomic mass is 10.0. The normalized spacial score (nSPS) is 19.4. The Bertz CT molecular complexity index is 543. The topological polar surface area (TPSA) is 85.0 Å².